The summed E-state index contributed by atoms with van der Waals surface area (Å²) < 4.78 is 16.8. The Bertz CT molecular complexity index is 1120. The number of carbonyl (C=O) groups is 1. The van der Waals surface area contributed by atoms with Crippen LogP contribution in [0.2, 0.25) is 10.0 Å². The SMILES string of the molecule is CC[C@H](C)C(CNc1ccc(Cl)c(Cl)c1)NC(=O)[C@@H](C[C@H](O)[C@@H](N)COCc1ccc(C)c(OCCCOC)c1)C(C)C. The van der Waals surface area contributed by atoms with Crippen LogP contribution in [0.3, 0.4) is 0 Å². The molecule has 1 amide bonds. The quantitative estimate of drug-likeness (QED) is 0.127. The van der Waals surface area contributed by atoms with Crippen LogP contribution in [0.15, 0.2) is 36.4 Å². The number of amides is 1. The molecule has 2 rings (SSSR count). The Balaban J connectivity index is 1.91. The minimum Gasteiger partial charge on any atom is -0.493 e. The minimum atomic E-state index is -0.896. The van der Waals surface area contributed by atoms with Gasteiger partial charge >= 0.3 is 0 Å². The zero-order chi connectivity index (χ0) is 31.9. The van der Waals surface area contributed by atoms with Crippen molar-refractivity contribution in [1.29, 1.82) is 0 Å². The van der Waals surface area contributed by atoms with Crippen LogP contribution in [-0.4, -0.2) is 62.7 Å². The first-order chi connectivity index (χ1) is 20.5. The van der Waals surface area contributed by atoms with Gasteiger partial charge in [0.25, 0.3) is 0 Å². The predicted molar refractivity (Wildman–Crippen MR) is 176 cm³/mol. The van der Waals surface area contributed by atoms with Gasteiger partial charge in [-0.2, -0.15) is 0 Å². The number of carbonyl (C=O) groups excluding carboxylic acids is 1. The van der Waals surface area contributed by atoms with E-state index in [1.54, 1.807) is 19.2 Å². The van der Waals surface area contributed by atoms with Crippen molar-refractivity contribution < 1.29 is 24.1 Å². The van der Waals surface area contributed by atoms with Crippen molar-refractivity contribution in [3.63, 3.8) is 0 Å². The largest absolute Gasteiger partial charge is 0.493 e. The standard InChI is InChI=1S/C33H51Cl2N3O5/c1-7-22(4)30(18-37-25-11-12-27(34)28(35)16-25)38-33(40)26(21(2)3)17-31(39)29(36)20-42-19-24-10-9-23(5)32(15-24)43-14-8-13-41-6/h9-12,15-16,21-22,26,29-31,37,39H,7-8,13-14,17-20,36H2,1-6H3,(H,38,40)/t22-,26-,29-,30?,31-/m0/s1. The first-order valence-electron chi connectivity index (χ1n) is 15.2. The van der Waals surface area contributed by atoms with Gasteiger partial charge in [0, 0.05) is 44.3 Å². The lowest BCUT2D eigenvalue weighted by Crippen LogP contribution is -2.49. The lowest BCUT2D eigenvalue weighted by Gasteiger charge is -2.30. The van der Waals surface area contributed by atoms with E-state index in [4.69, 9.17) is 43.1 Å². The predicted octanol–water partition coefficient (Wildman–Crippen LogP) is 6.23. The average molecular weight is 641 g/mol. The molecule has 0 aliphatic heterocycles. The van der Waals surface area contributed by atoms with Crippen molar-refractivity contribution in [3.8, 4) is 5.75 Å². The van der Waals surface area contributed by atoms with Gasteiger partial charge in [-0.15, -0.1) is 0 Å². The van der Waals surface area contributed by atoms with E-state index in [0.717, 1.165) is 35.4 Å². The van der Waals surface area contributed by atoms with Crippen LogP contribution < -0.4 is 21.1 Å². The molecule has 10 heteroatoms. The zero-order valence-corrected chi connectivity index (χ0v) is 28.0. The van der Waals surface area contributed by atoms with Crippen LogP contribution in [0.5, 0.6) is 5.75 Å². The van der Waals surface area contributed by atoms with Crippen molar-refractivity contribution in [2.75, 3.05) is 38.8 Å². The number of hydrogen-bond acceptors (Lipinski definition) is 7. The maximum atomic E-state index is 13.5. The Morgan fingerprint density at radius 3 is 2.47 bits per heavy atom. The van der Waals surface area contributed by atoms with E-state index in [0.29, 0.717) is 36.4 Å². The Kier molecular flexibility index (Phi) is 16.7. The van der Waals surface area contributed by atoms with E-state index in [-0.39, 0.29) is 36.8 Å². The summed E-state index contributed by atoms with van der Waals surface area (Å²) in [6, 6.07) is 10.6. The Hall–Kier alpha value is -2.07. The third-order valence-electron chi connectivity index (χ3n) is 7.82. The van der Waals surface area contributed by atoms with Gasteiger partial charge in [0.15, 0.2) is 0 Å². The summed E-state index contributed by atoms with van der Waals surface area (Å²) in [5.74, 6) is 0.549. The third-order valence-corrected chi connectivity index (χ3v) is 8.56. The van der Waals surface area contributed by atoms with Gasteiger partial charge in [0.05, 0.1) is 42.0 Å². The number of anilines is 1. The molecule has 0 spiro atoms. The van der Waals surface area contributed by atoms with Gasteiger partial charge in [-0.05, 0) is 60.6 Å². The summed E-state index contributed by atoms with van der Waals surface area (Å²) >= 11 is 12.2. The molecule has 242 valence electrons. The van der Waals surface area contributed by atoms with Gasteiger partial charge in [-0.3, -0.25) is 4.79 Å². The second-order valence-electron chi connectivity index (χ2n) is 11.6. The number of ether oxygens (including phenoxy) is 3. The summed E-state index contributed by atoms with van der Waals surface area (Å²) in [4.78, 5) is 13.5. The molecule has 2 aromatic rings. The second-order valence-corrected chi connectivity index (χ2v) is 12.5. The maximum Gasteiger partial charge on any atom is 0.223 e. The zero-order valence-electron chi connectivity index (χ0n) is 26.5. The maximum absolute atomic E-state index is 13.5. The molecule has 5 atom stereocenters. The van der Waals surface area contributed by atoms with E-state index >= 15 is 0 Å². The van der Waals surface area contributed by atoms with E-state index in [1.165, 1.54) is 0 Å². The summed E-state index contributed by atoms with van der Waals surface area (Å²) in [5.41, 5.74) is 9.15. The van der Waals surface area contributed by atoms with Crippen LogP contribution in [0.4, 0.5) is 5.69 Å². The van der Waals surface area contributed by atoms with Crippen molar-refractivity contribution in [2.24, 2.45) is 23.5 Å². The molecule has 0 aliphatic rings. The van der Waals surface area contributed by atoms with Crippen LogP contribution in [0, 0.1) is 24.7 Å². The molecule has 2 aromatic carbocycles. The highest BCUT2D eigenvalue weighted by Crippen LogP contribution is 2.26. The van der Waals surface area contributed by atoms with Crippen molar-refractivity contribution in [1.82, 2.24) is 5.32 Å². The number of halogens is 2. The van der Waals surface area contributed by atoms with Crippen molar-refractivity contribution >= 4 is 34.8 Å². The normalized spacial score (nSPS) is 15.0. The molecule has 8 nitrogen and oxygen atoms in total. The molecular formula is C33H51Cl2N3O5. The number of benzene rings is 2. The van der Waals surface area contributed by atoms with Crippen molar-refractivity contribution in [3.05, 3.63) is 57.6 Å². The molecule has 5 N–H and O–H groups in total. The number of nitrogens with one attached hydrogen (secondary N) is 2. The topological polar surface area (TPSA) is 115 Å². The molecule has 0 fully saturated rings. The van der Waals surface area contributed by atoms with Gasteiger partial charge < -0.3 is 35.7 Å². The van der Waals surface area contributed by atoms with Crippen LogP contribution >= 0.6 is 23.2 Å². The van der Waals surface area contributed by atoms with Gasteiger partial charge in [0.1, 0.15) is 5.75 Å². The molecular weight excluding hydrogens is 589 g/mol. The average Bonchev–Trinajstić information content (AvgIpc) is 2.98. The van der Waals surface area contributed by atoms with E-state index in [1.807, 2.05) is 45.0 Å². The fourth-order valence-corrected chi connectivity index (χ4v) is 4.92. The highest BCUT2D eigenvalue weighted by atomic mass is 35.5. The monoisotopic (exact) mass is 639 g/mol. The number of rotatable bonds is 20. The van der Waals surface area contributed by atoms with E-state index in [2.05, 4.69) is 24.5 Å². The summed E-state index contributed by atoms with van der Waals surface area (Å²) in [6.07, 6.45) is 1.05. The highest BCUT2D eigenvalue weighted by molar-refractivity contribution is 6.42. The van der Waals surface area contributed by atoms with Gasteiger partial charge in [-0.1, -0.05) is 69.5 Å². The van der Waals surface area contributed by atoms with Gasteiger partial charge in [0.2, 0.25) is 5.91 Å². The Morgan fingerprint density at radius 1 is 1.07 bits per heavy atom. The Labute approximate surface area is 267 Å². The number of nitrogens with two attached hydrogens (primary N) is 1. The van der Waals surface area contributed by atoms with Crippen LogP contribution in [-0.2, 0) is 20.9 Å². The lowest BCUT2D eigenvalue weighted by atomic mass is 9.86. The minimum absolute atomic E-state index is 0.0123. The molecule has 1 unspecified atom stereocenters. The summed E-state index contributed by atoms with van der Waals surface area (Å²) in [6.45, 7) is 12.4. The number of hydrogen-bond donors (Lipinski definition) is 4. The fourth-order valence-electron chi connectivity index (χ4n) is 4.62. The highest BCUT2D eigenvalue weighted by Gasteiger charge is 2.30. The lowest BCUT2D eigenvalue weighted by molar-refractivity contribution is -0.128. The summed E-state index contributed by atoms with van der Waals surface area (Å²) in [5, 5.41) is 18.5. The number of aryl methyl sites for hydroxylation is 1. The molecule has 0 aromatic heterocycles. The van der Waals surface area contributed by atoms with E-state index in [9.17, 15) is 9.90 Å². The molecule has 0 heterocycles. The third kappa shape index (κ3) is 12.8. The first-order valence-corrected chi connectivity index (χ1v) is 15.9. The van der Waals surface area contributed by atoms with Crippen molar-refractivity contribution in [2.45, 2.75) is 78.7 Å². The van der Waals surface area contributed by atoms with Crippen LogP contribution in [0.1, 0.15) is 58.1 Å². The van der Waals surface area contributed by atoms with Crippen LogP contribution in [0.25, 0.3) is 0 Å². The second kappa shape index (κ2) is 19.3. The van der Waals surface area contributed by atoms with E-state index < -0.39 is 18.1 Å². The number of aliphatic hydroxyl groups is 1. The molecule has 43 heavy (non-hydrogen) atoms. The molecule has 0 aliphatic carbocycles. The molecule has 0 radical (unpaired) electrons. The molecule has 0 saturated heterocycles. The fraction of sp³-hybridized carbons (Fsp3) is 0.606. The molecule has 0 saturated carbocycles. The number of methoxy groups -OCH3 is 1. The molecule has 0 bridgehead atoms. The first kappa shape index (κ1) is 37.1. The summed E-state index contributed by atoms with van der Waals surface area (Å²) in [7, 11) is 1.67. The van der Waals surface area contributed by atoms with Gasteiger partial charge in [-0.25, -0.2) is 0 Å². The smallest absolute Gasteiger partial charge is 0.223 e. The Morgan fingerprint density at radius 2 is 1.81 bits per heavy atom. The number of aliphatic hydroxyl groups excluding tert-OH is 1.